The number of hydrogen-bond acceptors (Lipinski definition) is 4. The Hall–Kier alpha value is -2.23. The van der Waals surface area contributed by atoms with E-state index in [-0.39, 0.29) is 18.7 Å². The molecule has 0 N–H and O–H groups in total. The summed E-state index contributed by atoms with van der Waals surface area (Å²) in [5.74, 6) is 2.27. The molecule has 5 rings (SSSR count). The third-order valence-corrected chi connectivity index (χ3v) is 4.58. The molecule has 2 aromatic rings. The molecule has 0 spiro atoms. The molecule has 2 aliphatic carbocycles. The lowest BCUT2D eigenvalue weighted by Crippen LogP contribution is -2.38. The van der Waals surface area contributed by atoms with Crippen LogP contribution >= 0.6 is 0 Å². The summed E-state index contributed by atoms with van der Waals surface area (Å²) in [5, 5.41) is 2.16. The second-order valence-corrected chi connectivity index (χ2v) is 6.03. The number of carbonyl (C=O) groups excluding carboxylic acids is 1. The van der Waals surface area contributed by atoms with Crippen molar-refractivity contribution in [3.63, 3.8) is 0 Å². The molecule has 0 saturated heterocycles. The standard InChI is InChI=1S/C17H14O4/c18-17(21-16-11-7-12(11)16)15-8-19-13-5-9-3-1-2-4-10(9)6-14(13)20-15/h1-6,11-12,15-16H,7-8H2/t11-,12?,15?,16?/m1/s1. The van der Waals surface area contributed by atoms with Crippen LogP contribution in [-0.2, 0) is 9.53 Å². The van der Waals surface area contributed by atoms with Crippen molar-refractivity contribution in [1.82, 2.24) is 0 Å². The van der Waals surface area contributed by atoms with Gasteiger partial charge in [0.2, 0.25) is 6.10 Å². The Labute approximate surface area is 121 Å². The maximum Gasteiger partial charge on any atom is 0.351 e. The van der Waals surface area contributed by atoms with Crippen molar-refractivity contribution < 1.29 is 19.0 Å². The summed E-state index contributed by atoms with van der Waals surface area (Å²) >= 11 is 0. The minimum absolute atomic E-state index is 0.152. The van der Waals surface area contributed by atoms with Crippen molar-refractivity contribution in [3.05, 3.63) is 36.4 Å². The summed E-state index contributed by atoms with van der Waals surface area (Å²) in [5.41, 5.74) is 0. The first-order valence-corrected chi connectivity index (χ1v) is 7.32. The van der Waals surface area contributed by atoms with Crippen molar-refractivity contribution in [2.45, 2.75) is 18.6 Å². The van der Waals surface area contributed by atoms with Crippen molar-refractivity contribution in [2.24, 2.45) is 11.8 Å². The highest BCUT2D eigenvalue weighted by Crippen LogP contribution is 2.64. The topological polar surface area (TPSA) is 44.8 Å². The van der Waals surface area contributed by atoms with Crippen LogP contribution < -0.4 is 9.47 Å². The molecule has 3 aliphatic rings. The molecule has 1 heterocycles. The summed E-state index contributed by atoms with van der Waals surface area (Å²) in [7, 11) is 0. The van der Waals surface area contributed by atoms with Crippen LogP contribution in [0.4, 0.5) is 0 Å². The molecule has 4 atom stereocenters. The van der Waals surface area contributed by atoms with Gasteiger partial charge in [0.25, 0.3) is 0 Å². The van der Waals surface area contributed by atoms with Crippen LogP contribution in [0.25, 0.3) is 10.8 Å². The fourth-order valence-electron chi connectivity index (χ4n) is 2.98. The van der Waals surface area contributed by atoms with Crippen LogP contribution in [0, 0.1) is 11.8 Å². The molecule has 106 valence electrons. The van der Waals surface area contributed by atoms with Crippen molar-refractivity contribution in [2.75, 3.05) is 6.61 Å². The van der Waals surface area contributed by atoms with E-state index in [1.54, 1.807) is 0 Å². The SMILES string of the molecule is O=C(OC1C2C[C@H]21)C1COc2cc3ccccc3cc2O1. The Kier molecular flexibility index (Phi) is 2.13. The minimum atomic E-state index is -0.654. The van der Waals surface area contributed by atoms with E-state index in [9.17, 15) is 4.79 Å². The molecule has 0 aromatic heterocycles. The van der Waals surface area contributed by atoms with E-state index in [0.717, 1.165) is 10.8 Å². The highest BCUT2D eigenvalue weighted by molar-refractivity contribution is 5.86. The minimum Gasteiger partial charge on any atom is -0.485 e. The van der Waals surface area contributed by atoms with Gasteiger partial charge in [-0.25, -0.2) is 4.79 Å². The van der Waals surface area contributed by atoms with Crippen LogP contribution in [0.3, 0.4) is 0 Å². The highest BCUT2D eigenvalue weighted by Gasteiger charge is 2.67. The second-order valence-electron chi connectivity index (χ2n) is 6.03. The number of ether oxygens (including phenoxy) is 3. The van der Waals surface area contributed by atoms with Gasteiger partial charge in [0.15, 0.2) is 11.5 Å². The molecular weight excluding hydrogens is 268 g/mol. The number of carbonyl (C=O) groups is 1. The van der Waals surface area contributed by atoms with Crippen LogP contribution in [-0.4, -0.2) is 24.8 Å². The molecule has 4 nitrogen and oxygen atoms in total. The predicted molar refractivity (Wildman–Crippen MR) is 75.3 cm³/mol. The highest BCUT2D eigenvalue weighted by atomic mass is 16.6. The van der Waals surface area contributed by atoms with E-state index in [0.29, 0.717) is 23.3 Å². The predicted octanol–water partition coefficient (Wildman–Crippen LogP) is 2.54. The van der Waals surface area contributed by atoms with E-state index in [4.69, 9.17) is 14.2 Å². The lowest BCUT2D eigenvalue weighted by atomic mass is 10.1. The number of fused-ring (bicyclic) bond motifs is 3. The number of hydrogen-bond donors (Lipinski definition) is 0. The monoisotopic (exact) mass is 282 g/mol. The molecule has 1 aliphatic heterocycles. The van der Waals surface area contributed by atoms with E-state index in [1.165, 1.54) is 6.42 Å². The Morgan fingerprint density at radius 3 is 2.48 bits per heavy atom. The molecule has 2 saturated carbocycles. The summed E-state index contributed by atoms with van der Waals surface area (Å²) < 4.78 is 16.9. The van der Waals surface area contributed by atoms with Gasteiger partial charge in [-0.05, 0) is 29.3 Å². The van der Waals surface area contributed by atoms with Crippen LogP contribution in [0.15, 0.2) is 36.4 Å². The van der Waals surface area contributed by atoms with Crippen molar-refractivity contribution in [1.29, 1.82) is 0 Å². The van der Waals surface area contributed by atoms with Gasteiger partial charge in [-0.1, -0.05) is 24.3 Å². The molecule has 2 fully saturated rings. The van der Waals surface area contributed by atoms with Crippen LogP contribution in [0.5, 0.6) is 11.5 Å². The normalized spacial score (nSPS) is 31.4. The molecule has 21 heavy (non-hydrogen) atoms. The first-order chi connectivity index (χ1) is 10.3. The maximum absolute atomic E-state index is 12.1. The van der Waals surface area contributed by atoms with Crippen LogP contribution in [0.2, 0.25) is 0 Å². The zero-order valence-corrected chi connectivity index (χ0v) is 11.3. The molecule has 0 amide bonds. The zero-order valence-electron chi connectivity index (χ0n) is 11.3. The summed E-state index contributed by atoms with van der Waals surface area (Å²) in [6.45, 7) is 0.215. The Morgan fingerprint density at radius 2 is 1.81 bits per heavy atom. The third-order valence-electron chi connectivity index (χ3n) is 4.58. The Morgan fingerprint density at radius 1 is 1.10 bits per heavy atom. The zero-order chi connectivity index (χ0) is 14.0. The van der Waals surface area contributed by atoms with Gasteiger partial charge in [0.1, 0.15) is 12.7 Å². The first kappa shape index (κ1) is 11.4. The molecule has 4 heteroatoms. The molecular formula is C17H14O4. The molecule has 3 unspecified atom stereocenters. The van der Waals surface area contributed by atoms with E-state index < -0.39 is 6.10 Å². The summed E-state index contributed by atoms with van der Waals surface area (Å²) in [6.07, 6.45) is 0.715. The lowest BCUT2D eigenvalue weighted by molar-refractivity contribution is -0.157. The second kappa shape index (κ2) is 3.91. The molecule has 0 bridgehead atoms. The van der Waals surface area contributed by atoms with Gasteiger partial charge in [0, 0.05) is 11.8 Å². The van der Waals surface area contributed by atoms with Crippen molar-refractivity contribution >= 4 is 16.7 Å². The van der Waals surface area contributed by atoms with E-state index in [2.05, 4.69) is 0 Å². The fraction of sp³-hybridized carbons (Fsp3) is 0.353. The third kappa shape index (κ3) is 1.78. The van der Waals surface area contributed by atoms with Gasteiger partial charge in [-0.2, -0.15) is 0 Å². The van der Waals surface area contributed by atoms with Crippen LogP contribution in [0.1, 0.15) is 6.42 Å². The van der Waals surface area contributed by atoms with Crippen molar-refractivity contribution in [3.8, 4) is 11.5 Å². The largest absolute Gasteiger partial charge is 0.485 e. The van der Waals surface area contributed by atoms with E-state index in [1.807, 2.05) is 36.4 Å². The smallest absolute Gasteiger partial charge is 0.351 e. The molecule has 0 radical (unpaired) electrons. The lowest BCUT2D eigenvalue weighted by Gasteiger charge is -2.26. The van der Waals surface area contributed by atoms with Gasteiger partial charge >= 0.3 is 5.97 Å². The Bertz CT molecular complexity index is 746. The fourth-order valence-corrected chi connectivity index (χ4v) is 2.98. The summed E-state index contributed by atoms with van der Waals surface area (Å²) in [4.78, 5) is 12.1. The average molecular weight is 282 g/mol. The van der Waals surface area contributed by atoms with Gasteiger partial charge in [-0.15, -0.1) is 0 Å². The van der Waals surface area contributed by atoms with E-state index >= 15 is 0 Å². The molecule has 2 aromatic carbocycles. The maximum atomic E-state index is 12.1. The van der Waals surface area contributed by atoms with Gasteiger partial charge in [-0.3, -0.25) is 0 Å². The van der Waals surface area contributed by atoms with Gasteiger partial charge < -0.3 is 14.2 Å². The number of benzene rings is 2. The van der Waals surface area contributed by atoms with Gasteiger partial charge in [0.05, 0.1) is 0 Å². The number of esters is 1. The Balaban J connectivity index is 1.39. The number of rotatable bonds is 2. The quantitative estimate of drug-likeness (QED) is 0.794. The average Bonchev–Trinajstić information content (AvgIpc) is 3.41. The first-order valence-electron chi connectivity index (χ1n) is 7.32. The summed E-state index contributed by atoms with van der Waals surface area (Å²) in [6, 6.07) is 11.9.